The van der Waals surface area contributed by atoms with Crippen LogP contribution in [0.25, 0.3) is 0 Å². The lowest BCUT2D eigenvalue weighted by Gasteiger charge is -2.16. The number of halogens is 5. The zero-order valence-electron chi connectivity index (χ0n) is 10.9. The lowest BCUT2D eigenvalue weighted by molar-refractivity contribution is -0.137. The van der Waals surface area contributed by atoms with Crippen LogP contribution in [0.2, 0.25) is 5.02 Å². The van der Waals surface area contributed by atoms with Crippen molar-refractivity contribution in [2.45, 2.75) is 19.2 Å². The number of benzene rings is 2. The van der Waals surface area contributed by atoms with Crippen LogP contribution in [0.3, 0.4) is 0 Å². The van der Waals surface area contributed by atoms with Gasteiger partial charge in [0.15, 0.2) is 0 Å². The predicted octanol–water partition coefficient (Wildman–Crippen LogP) is 4.89. The van der Waals surface area contributed by atoms with Gasteiger partial charge >= 0.3 is 6.18 Å². The highest BCUT2D eigenvalue weighted by Crippen LogP contribution is 2.33. The first-order valence-corrected chi connectivity index (χ1v) is 6.38. The van der Waals surface area contributed by atoms with E-state index in [0.29, 0.717) is 0 Å². The van der Waals surface area contributed by atoms with Crippen molar-refractivity contribution in [3.8, 4) is 0 Å². The van der Waals surface area contributed by atoms with E-state index in [1.807, 2.05) is 0 Å². The van der Waals surface area contributed by atoms with Crippen molar-refractivity contribution in [2.24, 2.45) is 0 Å². The molecule has 0 heterocycles. The van der Waals surface area contributed by atoms with E-state index in [9.17, 15) is 22.7 Å². The van der Waals surface area contributed by atoms with Gasteiger partial charge in [-0.1, -0.05) is 23.7 Å². The molecule has 0 aliphatic rings. The molecule has 1 atom stereocenters. The van der Waals surface area contributed by atoms with Gasteiger partial charge in [0.25, 0.3) is 0 Å². The van der Waals surface area contributed by atoms with E-state index >= 15 is 0 Å². The molecule has 6 heteroatoms. The van der Waals surface area contributed by atoms with Crippen LogP contribution in [-0.2, 0) is 6.18 Å². The van der Waals surface area contributed by atoms with Crippen molar-refractivity contribution in [1.29, 1.82) is 0 Å². The summed E-state index contributed by atoms with van der Waals surface area (Å²) < 4.78 is 51.2. The molecule has 2 rings (SSSR count). The molecule has 21 heavy (non-hydrogen) atoms. The van der Waals surface area contributed by atoms with Crippen LogP contribution < -0.4 is 0 Å². The summed E-state index contributed by atoms with van der Waals surface area (Å²) in [5.74, 6) is -0.696. The van der Waals surface area contributed by atoms with Gasteiger partial charge in [0, 0.05) is 0 Å². The minimum Gasteiger partial charge on any atom is -0.384 e. The summed E-state index contributed by atoms with van der Waals surface area (Å²) in [6.45, 7) is 1.46. The molecule has 1 N–H and O–H groups in total. The van der Waals surface area contributed by atoms with Gasteiger partial charge in [0.1, 0.15) is 11.9 Å². The number of aliphatic hydroxyl groups excluding tert-OH is 1. The molecule has 0 fully saturated rings. The second-order valence-corrected chi connectivity index (χ2v) is 5.05. The van der Waals surface area contributed by atoms with Gasteiger partial charge in [-0.3, -0.25) is 0 Å². The Kier molecular flexibility index (Phi) is 4.25. The van der Waals surface area contributed by atoms with E-state index in [-0.39, 0.29) is 21.7 Å². The van der Waals surface area contributed by atoms with Crippen molar-refractivity contribution in [3.63, 3.8) is 0 Å². The average molecular weight is 319 g/mol. The minimum atomic E-state index is -4.44. The number of aliphatic hydroxyl groups is 1. The van der Waals surface area contributed by atoms with E-state index < -0.39 is 23.7 Å². The second kappa shape index (κ2) is 5.66. The van der Waals surface area contributed by atoms with Gasteiger partial charge in [-0.25, -0.2) is 4.39 Å². The Hall–Kier alpha value is -1.59. The van der Waals surface area contributed by atoms with Crippen molar-refractivity contribution in [2.75, 3.05) is 0 Å². The Morgan fingerprint density at radius 2 is 1.76 bits per heavy atom. The van der Waals surface area contributed by atoms with Gasteiger partial charge in [0.05, 0.1) is 10.6 Å². The van der Waals surface area contributed by atoms with Crippen LogP contribution in [0.4, 0.5) is 17.6 Å². The maximum absolute atomic E-state index is 13.4. The molecule has 0 radical (unpaired) electrons. The Labute approximate surface area is 123 Å². The lowest BCUT2D eigenvalue weighted by atomic mass is 9.96. The molecule has 0 aromatic heterocycles. The quantitative estimate of drug-likeness (QED) is 0.782. The van der Waals surface area contributed by atoms with Crippen LogP contribution >= 0.6 is 11.6 Å². The largest absolute Gasteiger partial charge is 0.416 e. The van der Waals surface area contributed by atoms with Gasteiger partial charge in [0.2, 0.25) is 0 Å². The van der Waals surface area contributed by atoms with Crippen molar-refractivity contribution >= 4 is 11.6 Å². The number of rotatable bonds is 2. The molecule has 0 aliphatic heterocycles. The van der Waals surface area contributed by atoms with Gasteiger partial charge in [-0.05, 0) is 47.9 Å². The van der Waals surface area contributed by atoms with E-state index in [4.69, 9.17) is 11.6 Å². The Morgan fingerprint density at radius 3 is 2.29 bits per heavy atom. The summed E-state index contributed by atoms with van der Waals surface area (Å²) in [5, 5.41) is 10.1. The topological polar surface area (TPSA) is 20.2 Å². The summed E-state index contributed by atoms with van der Waals surface area (Å²) in [4.78, 5) is 0. The van der Waals surface area contributed by atoms with Gasteiger partial charge in [-0.15, -0.1) is 0 Å². The highest BCUT2D eigenvalue weighted by Gasteiger charge is 2.31. The Balaban J connectivity index is 2.39. The zero-order valence-corrected chi connectivity index (χ0v) is 11.6. The highest BCUT2D eigenvalue weighted by atomic mass is 35.5. The fraction of sp³-hybridized carbons (Fsp3) is 0.200. The van der Waals surface area contributed by atoms with Crippen molar-refractivity contribution in [3.05, 3.63) is 69.5 Å². The van der Waals surface area contributed by atoms with Crippen LogP contribution in [0.1, 0.15) is 28.4 Å². The molecule has 0 amide bonds. The zero-order chi connectivity index (χ0) is 15.8. The third kappa shape index (κ3) is 3.36. The third-order valence-electron chi connectivity index (χ3n) is 3.15. The molecule has 0 saturated heterocycles. The Bertz CT molecular complexity index is 667. The molecule has 0 spiro atoms. The first-order chi connectivity index (χ1) is 9.70. The predicted molar refractivity (Wildman–Crippen MR) is 71.7 cm³/mol. The molecular formula is C15H11ClF4O. The SMILES string of the molecule is Cc1cc(C(F)(F)F)ccc1C(O)c1ccc(Cl)c(F)c1. The normalized spacial score (nSPS) is 13.3. The highest BCUT2D eigenvalue weighted by molar-refractivity contribution is 6.30. The smallest absolute Gasteiger partial charge is 0.384 e. The van der Waals surface area contributed by atoms with Crippen LogP contribution in [0.15, 0.2) is 36.4 Å². The second-order valence-electron chi connectivity index (χ2n) is 4.65. The molecule has 0 saturated carbocycles. The molecule has 1 nitrogen and oxygen atoms in total. The summed E-state index contributed by atoms with van der Waals surface area (Å²) in [5.41, 5.74) is -0.0181. The monoisotopic (exact) mass is 318 g/mol. The maximum atomic E-state index is 13.4. The Morgan fingerprint density at radius 1 is 1.10 bits per heavy atom. The molecule has 2 aromatic rings. The lowest BCUT2D eigenvalue weighted by Crippen LogP contribution is -2.08. The molecular weight excluding hydrogens is 308 g/mol. The van der Waals surface area contributed by atoms with E-state index in [0.717, 1.165) is 18.2 Å². The first-order valence-electron chi connectivity index (χ1n) is 6.01. The fourth-order valence-corrected chi connectivity index (χ4v) is 2.14. The summed E-state index contributed by atoms with van der Waals surface area (Å²) in [6, 6.07) is 6.80. The van der Waals surface area contributed by atoms with Crippen LogP contribution in [0, 0.1) is 12.7 Å². The summed E-state index contributed by atoms with van der Waals surface area (Å²) >= 11 is 5.55. The standard InChI is InChI=1S/C15H11ClF4O/c1-8-6-10(15(18,19)20)3-4-11(8)14(21)9-2-5-12(16)13(17)7-9/h2-7,14,21H,1H3. The average Bonchev–Trinajstić information content (AvgIpc) is 2.40. The number of aryl methyl sites for hydroxylation is 1. The molecule has 0 aliphatic carbocycles. The van der Waals surface area contributed by atoms with Gasteiger partial charge < -0.3 is 5.11 Å². The summed E-state index contributed by atoms with van der Waals surface area (Å²) in [6.07, 6.45) is -5.67. The van der Waals surface area contributed by atoms with Crippen LogP contribution in [0.5, 0.6) is 0 Å². The van der Waals surface area contributed by atoms with Crippen molar-refractivity contribution in [1.82, 2.24) is 0 Å². The molecule has 112 valence electrons. The third-order valence-corrected chi connectivity index (χ3v) is 3.46. The molecule has 0 bridgehead atoms. The van der Waals surface area contributed by atoms with E-state index in [1.54, 1.807) is 0 Å². The van der Waals surface area contributed by atoms with E-state index in [2.05, 4.69) is 0 Å². The molecule has 1 unspecified atom stereocenters. The maximum Gasteiger partial charge on any atom is 0.416 e. The van der Waals surface area contributed by atoms with Crippen LogP contribution in [-0.4, -0.2) is 5.11 Å². The summed E-state index contributed by atoms with van der Waals surface area (Å²) in [7, 11) is 0. The number of hydrogen-bond acceptors (Lipinski definition) is 1. The number of alkyl halides is 3. The van der Waals surface area contributed by atoms with E-state index in [1.165, 1.54) is 25.1 Å². The van der Waals surface area contributed by atoms with Crippen molar-refractivity contribution < 1.29 is 22.7 Å². The fourth-order valence-electron chi connectivity index (χ4n) is 2.02. The van der Waals surface area contributed by atoms with Gasteiger partial charge in [-0.2, -0.15) is 13.2 Å². The molecule has 2 aromatic carbocycles. The first kappa shape index (κ1) is 15.8. The minimum absolute atomic E-state index is 0.0879. The number of hydrogen-bond donors (Lipinski definition) is 1.